The van der Waals surface area contributed by atoms with Crippen LogP contribution in [0.4, 0.5) is 0 Å². The molecule has 0 aromatic carbocycles. The molecule has 0 bridgehead atoms. The van der Waals surface area contributed by atoms with Gasteiger partial charge in [0.05, 0.1) is 22.8 Å². The number of hydrogen-bond donors (Lipinski definition) is 1. The van der Waals surface area contributed by atoms with Crippen molar-refractivity contribution in [1.82, 2.24) is 14.7 Å². The first-order chi connectivity index (χ1) is 8.49. The van der Waals surface area contributed by atoms with Gasteiger partial charge in [0.25, 0.3) is 0 Å². The van der Waals surface area contributed by atoms with Gasteiger partial charge in [-0.3, -0.25) is 0 Å². The highest BCUT2D eigenvalue weighted by Gasteiger charge is 2.16. The molecule has 0 saturated heterocycles. The van der Waals surface area contributed by atoms with Crippen molar-refractivity contribution >= 4 is 44.6 Å². The lowest BCUT2D eigenvalue weighted by molar-refractivity contribution is 0.580. The average Bonchev–Trinajstić information content (AvgIpc) is 2.83. The Morgan fingerprint density at radius 3 is 2.72 bits per heavy atom. The van der Waals surface area contributed by atoms with Crippen molar-refractivity contribution in [1.29, 1.82) is 0 Å². The van der Waals surface area contributed by atoms with Crippen molar-refractivity contribution in [3.8, 4) is 0 Å². The largest absolute Gasteiger partial charge is 0.248 e. The van der Waals surface area contributed by atoms with Gasteiger partial charge in [-0.1, -0.05) is 23.2 Å². The summed E-state index contributed by atoms with van der Waals surface area (Å²) in [5, 5.41) is 1.92. The van der Waals surface area contributed by atoms with Crippen LogP contribution in [-0.4, -0.2) is 18.4 Å². The van der Waals surface area contributed by atoms with Crippen molar-refractivity contribution in [2.45, 2.75) is 11.4 Å². The summed E-state index contributed by atoms with van der Waals surface area (Å²) in [6.07, 6.45) is 1.15. The first-order valence-electron chi connectivity index (χ1n) is 4.67. The van der Waals surface area contributed by atoms with E-state index in [2.05, 4.69) is 14.7 Å². The molecule has 9 heteroatoms. The highest BCUT2D eigenvalue weighted by atomic mass is 35.5. The van der Waals surface area contributed by atoms with Gasteiger partial charge in [0.15, 0.2) is 0 Å². The Hall–Kier alpha value is -0.730. The molecule has 2 aromatic rings. The summed E-state index contributed by atoms with van der Waals surface area (Å²) >= 11 is 12.7. The average molecular weight is 324 g/mol. The first kappa shape index (κ1) is 13.7. The van der Waals surface area contributed by atoms with Gasteiger partial charge < -0.3 is 0 Å². The Balaban J connectivity index is 2.17. The molecule has 0 atom stereocenters. The van der Waals surface area contributed by atoms with E-state index in [9.17, 15) is 8.42 Å². The summed E-state index contributed by atoms with van der Waals surface area (Å²) < 4.78 is 26.2. The standard InChI is InChI=1S/C9H7Cl2N3O2S2/c10-8-1-7(3-12-9(8)11)18(15,16)14-2-6-4-17-5-13-6/h1,3-5,14H,2H2. The number of rotatable bonds is 4. The topological polar surface area (TPSA) is 72.0 Å². The molecular weight excluding hydrogens is 317 g/mol. The molecule has 0 aliphatic carbocycles. The summed E-state index contributed by atoms with van der Waals surface area (Å²) in [5.74, 6) is 0. The lowest BCUT2D eigenvalue weighted by atomic mass is 10.5. The molecule has 2 heterocycles. The number of halogens is 2. The molecule has 1 N–H and O–H groups in total. The van der Waals surface area contributed by atoms with E-state index in [4.69, 9.17) is 23.2 Å². The minimum absolute atomic E-state index is 0.0351. The molecule has 2 rings (SSSR count). The van der Waals surface area contributed by atoms with E-state index in [1.54, 1.807) is 10.9 Å². The third-order valence-electron chi connectivity index (χ3n) is 2.01. The summed E-state index contributed by atoms with van der Waals surface area (Å²) in [5.41, 5.74) is 2.28. The molecule has 0 fully saturated rings. The number of thiazole rings is 1. The van der Waals surface area contributed by atoms with Crippen LogP contribution in [0.5, 0.6) is 0 Å². The van der Waals surface area contributed by atoms with Crippen LogP contribution in [0.2, 0.25) is 10.2 Å². The zero-order valence-corrected chi connectivity index (χ0v) is 11.9. The van der Waals surface area contributed by atoms with E-state index in [0.717, 1.165) is 6.20 Å². The second kappa shape index (κ2) is 5.50. The number of pyridine rings is 1. The molecule has 0 amide bonds. The zero-order chi connectivity index (χ0) is 13.2. The minimum atomic E-state index is -3.67. The van der Waals surface area contributed by atoms with Gasteiger partial charge in [-0.05, 0) is 6.07 Å². The van der Waals surface area contributed by atoms with E-state index in [1.807, 2.05) is 0 Å². The Bertz CT molecular complexity index is 644. The highest BCUT2D eigenvalue weighted by molar-refractivity contribution is 7.89. The predicted octanol–water partition coefficient (Wildman–Crippen LogP) is 2.32. The number of aromatic nitrogens is 2. The minimum Gasteiger partial charge on any atom is -0.248 e. The lowest BCUT2D eigenvalue weighted by Crippen LogP contribution is -2.23. The van der Waals surface area contributed by atoms with Crippen molar-refractivity contribution in [3.63, 3.8) is 0 Å². The molecule has 0 saturated carbocycles. The zero-order valence-electron chi connectivity index (χ0n) is 8.80. The smallest absolute Gasteiger partial charge is 0.242 e. The molecule has 18 heavy (non-hydrogen) atoms. The van der Waals surface area contributed by atoms with Gasteiger partial charge in [0, 0.05) is 11.6 Å². The second-order valence-electron chi connectivity index (χ2n) is 3.25. The molecule has 0 spiro atoms. The summed E-state index contributed by atoms with van der Waals surface area (Å²) in [4.78, 5) is 7.63. The molecule has 5 nitrogen and oxygen atoms in total. The quantitative estimate of drug-likeness (QED) is 0.876. The van der Waals surface area contributed by atoms with Gasteiger partial charge in [-0.2, -0.15) is 0 Å². The SMILES string of the molecule is O=S(=O)(NCc1cscn1)c1cnc(Cl)c(Cl)c1. The van der Waals surface area contributed by atoms with Crippen molar-refractivity contribution < 1.29 is 8.42 Å². The molecular formula is C9H7Cl2N3O2S2. The van der Waals surface area contributed by atoms with Crippen LogP contribution >= 0.6 is 34.5 Å². The van der Waals surface area contributed by atoms with E-state index in [-0.39, 0.29) is 21.6 Å². The fourth-order valence-corrected chi connectivity index (χ4v) is 2.99. The molecule has 0 aliphatic rings. The Morgan fingerprint density at radius 2 is 2.11 bits per heavy atom. The van der Waals surface area contributed by atoms with Crippen molar-refractivity contribution in [2.75, 3.05) is 0 Å². The number of nitrogens with one attached hydrogen (secondary N) is 1. The Kier molecular flexibility index (Phi) is 4.18. The van der Waals surface area contributed by atoms with Gasteiger partial charge in [0.1, 0.15) is 10.0 Å². The van der Waals surface area contributed by atoms with E-state index in [1.165, 1.54) is 17.4 Å². The van der Waals surface area contributed by atoms with Crippen molar-refractivity contribution in [3.05, 3.63) is 39.0 Å². The van der Waals surface area contributed by atoms with E-state index >= 15 is 0 Å². The van der Waals surface area contributed by atoms with Crippen LogP contribution < -0.4 is 4.72 Å². The number of nitrogens with zero attached hydrogens (tertiary/aromatic N) is 2. The Labute approximate surface area is 118 Å². The summed E-state index contributed by atoms with van der Waals surface area (Å²) in [6, 6.07) is 1.25. The van der Waals surface area contributed by atoms with E-state index < -0.39 is 10.0 Å². The highest BCUT2D eigenvalue weighted by Crippen LogP contribution is 2.22. The van der Waals surface area contributed by atoms with E-state index in [0.29, 0.717) is 5.69 Å². The maximum atomic E-state index is 11.9. The van der Waals surface area contributed by atoms with Crippen LogP contribution in [0, 0.1) is 0 Å². The summed E-state index contributed by atoms with van der Waals surface area (Å²) in [6.45, 7) is 0.117. The normalized spacial score (nSPS) is 11.7. The van der Waals surface area contributed by atoms with Crippen LogP contribution in [0.1, 0.15) is 5.69 Å². The van der Waals surface area contributed by atoms with Crippen LogP contribution in [0.25, 0.3) is 0 Å². The van der Waals surface area contributed by atoms with Gasteiger partial charge in [0.2, 0.25) is 10.0 Å². The fraction of sp³-hybridized carbons (Fsp3) is 0.111. The molecule has 2 aromatic heterocycles. The Morgan fingerprint density at radius 1 is 1.33 bits per heavy atom. The van der Waals surface area contributed by atoms with Crippen LogP contribution in [0.3, 0.4) is 0 Å². The lowest BCUT2D eigenvalue weighted by Gasteiger charge is -2.05. The summed E-state index contributed by atoms with van der Waals surface area (Å²) in [7, 11) is -3.67. The first-order valence-corrected chi connectivity index (χ1v) is 7.85. The fourth-order valence-electron chi connectivity index (χ4n) is 1.13. The molecule has 0 radical (unpaired) electrons. The third kappa shape index (κ3) is 3.18. The monoisotopic (exact) mass is 323 g/mol. The second-order valence-corrected chi connectivity index (χ2v) is 6.50. The van der Waals surface area contributed by atoms with Crippen LogP contribution in [0.15, 0.2) is 28.0 Å². The number of sulfonamides is 1. The van der Waals surface area contributed by atoms with Gasteiger partial charge >= 0.3 is 0 Å². The predicted molar refractivity (Wildman–Crippen MR) is 70.4 cm³/mol. The number of hydrogen-bond acceptors (Lipinski definition) is 5. The van der Waals surface area contributed by atoms with Crippen LogP contribution in [-0.2, 0) is 16.6 Å². The maximum Gasteiger partial charge on any atom is 0.242 e. The molecule has 0 unspecified atom stereocenters. The molecule has 0 aliphatic heterocycles. The van der Waals surface area contributed by atoms with Gasteiger partial charge in [-0.25, -0.2) is 23.1 Å². The molecule has 96 valence electrons. The van der Waals surface area contributed by atoms with Gasteiger partial charge in [-0.15, -0.1) is 11.3 Å². The third-order valence-corrected chi connectivity index (χ3v) is 4.70. The maximum absolute atomic E-state index is 11.9. The van der Waals surface area contributed by atoms with Crippen molar-refractivity contribution in [2.24, 2.45) is 0 Å².